The maximum Gasteiger partial charge on any atom is 0.319 e. The summed E-state index contributed by atoms with van der Waals surface area (Å²) in [7, 11) is 0. The highest BCUT2D eigenvalue weighted by Gasteiger charge is 2.09. The zero-order valence-electron chi connectivity index (χ0n) is 11.4. The number of carbonyl (C=O) groups excluding carboxylic acids is 2. The highest BCUT2D eigenvalue weighted by Crippen LogP contribution is 2.19. The second-order valence-electron chi connectivity index (χ2n) is 4.35. The van der Waals surface area contributed by atoms with E-state index in [1.54, 1.807) is 24.3 Å². The fourth-order valence-electron chi connectivity index (χ4n) is 1.65. The lowest BCUT2D eigenvalue weighted by Crippen LogP contribution is -2.35. The van der Waals surface area contributed by atoms with E-state index >= 15 is 0 Å². The lowest BCUT2D eigenvalue weighted by atomic mass is 10.3. The Hall–Kier alpha value is -2.60. The Morgan fingerprint density at radius 3 is 2.50 bits per heavy atom. The molecule has 0 aliphatic rings. The number of para-hydroxylation sites is 1. The number of nitrogens with one attached hydrogen (secondary N) is 3. The summed E-state index contributed by atoms with van der Waals surface area (Å²) in [6.07, 6.45) is 0. The average molecular weight is 322 g/mol. The molecule has 0 radical (unpaired) electrons. The van der Waals surface area contributed by atoms with Crippen molar-refractivity contribution in [3.8, 4) is 0 Å². The second-order valence-corrected chi connectivity index (χ2v) is 4.78. The number of hydrogen-bond acceptors (Lipinski definition) is 2. The van der Waals surface area contributed by atoms with Crippen molar-refractivity contribution in [3.05, 3.63) is 59.4 Å². The molecule has 0 fully saturated rings. The standard InChI is InChI=1S/C15H13ClFN3O2/c16-10-6-7-12(17)13(8-10)20-14(21)9-18-15(22)19-11-4-2-1-3-5-11/h1-8H,9H2,(H,20,21)(H2,18,19,22). The smallest absolute Gasteiger partial charge is 0.319 e. The van der Waals surface area contributed by atoms with Crippen LogP contribution in [-0.4, -0.2) is 18.5 Å². The van der Waals surface area contributed by atoms with Gasteiger partial charge in [-0.2, -0.15) is 0 Å². The Morgan fingerprint density at radius 2 is 1.77 bits per heavy atom. The molecular formula is C15H13ClFN3O2. The van der Waals surface area contributed by atoms with E-state index < -0.39 is 17.8 Å². The minimum Gasteiger partial charge on any atom is -0.329 e. The van der Waals surface area contributed by atoms with Gasteiger partial charge in [-0.05, 0) is 30.3 Å². The van der Waals surface area contributed by atoms with Crippen LogP contribution in [0, 0.1) is 5.82 Å². The molecular weight excluding hydrogens is 309 g/mol. The van der Waals surface area contributed by atoms with Crippen LogP contribution in [0.5, 0.6) is 0 Å². The first-order chi connectivity index (χ1) is 10.5. The molecule has 0 unspecified atom stereocenters. The predicted molar refractivity (Wildman–Crippen MR) is 83.5 cm³/mol. The van der Waals surface area contributed by atoms with Gasteiger partial charge in [-0.25, -0.2) is 9.18 Å². The summed E-state index contributed by atoms with van der Waals surface area (Å²) >= 11 is 5.72. The van der Waals surface area contributed by atoms with Crippen molar-refractivity contribution in [1.82, 2.24) is 5.32 Å². The summed E-state index contributed by atoms with van der Waals surface area (Å²) in [5.41, 5.74) is 0.559. The lowest BCUT2D eigenvalue weighted by molar-refractivity contribution is -0.115. The van der Waals surface area contributed by atoms with Gasteiger partial charge < -0.3 is 16.0 Å². The Kier molecular flexibility index (Phi) is 5.32. The molecule has 0 aromatic heterocycles. The third kappa shape index (κ3) is 4.75. The molecule has 0 aliphatic carbocycles. The van der Waals surface area contributed by atoms with Crippen LogP contribution in [0.1, 0.15) is 0 Å². The molecule has 3 N–H and O–H groups in total. The Labute approximate surface area is 131 Å². The van der Waals surface area contributed by atoms with E-state index in [9.17, 15) is 14.0 Å². The summed E-state index contributed by atoms with van der Waals surface area (Å²) in [6.45, 7) is -0.301. The van der Waals surface area contributed by atoms with Crippen LogP contribution in [0.15, 0.2) is 48.5 Å². The number of anilines is 2. The molecule has 0 atom stereocenters. The van der Waals surface area contributed by atoms with Crippen LogP contribution >= 0.6 is 11.6 Å². The van der Waals surface area contributed by atoms with Crippen LogP contribution in [-0.2, 0) is 4.79 Å². The average Bonchev–Trinajstić information content (AvgIpc) is 2.50. The third-order valence-corrected chi connectivity index (χ3v) is 2.88. The maximum atomic E-state index is 13.4. The van der Waals surface area contributed by atoms with Crippen molar-refractivity contribution in [2.45, 2.75) is 0 Å². The zero-order valence-corrected chi connectivity index (χ0v) is 12.2. The number of urea groups is 1. The van der Waals surface area contributed by atoms with Gasteiger partial charge >= 0.3 is 6.03 Å². The van der Waals surface area contributed by atoms with Gasteiger partial charge in [0.05, 0.1) is 12.2 Å². The van der Waals surface area contributed by atoms with Crippen molar-refractivity contribution in [1.29, 1.82) is 0 Å². The van der Waals surface area contributed by atoms with E-state index in [-0.39, 0.29) is 12.2 Å². The van der Waals surface area contributed by atoms with E-state index in [2.05, 4.69) is 16.0 Å². The first-order valence-electron chi connectivity index (χ1n) is 6.39. The highest BCUT2D eigenvalue weighted by atomic mass is 35.5. The number of rotatable bonds is 4. The normalized spacial score (nSPS) is 9.91. The first-order valence-corrected chi connectivity index (χ1v) is 6.77. The van der Waals surface area contributed by atoms with Gasteiger partial charge in [-0.3, -0.25) is 4.79 Å². The Bertz CT molecular complexity index is 680. The van der Waals surface area contributed by atoms with E-state index in [0.29, 0.717) is 10.7 Å². The highest BCUT2D eigenvalue weighted by molar-refractivity contribution is 6.30. The number of carbonyl (C=O) groups is 2. The van der Waals surface area contributed by atoms with E-state index in [0.717, 1.165) is 6.07 Å². The molecule has 3 amide bonds. The Morgan fingerprint density at radius 1 is 1.05 bits per heavy atom. The van der Waals surface area contributed by atoms with Gasteiger partial charge in [0.2, 0.25) is 5.91 Å². The van der Waals surface area contributed by atoms with E-state index in [1.807, 2.05) is 6.07 Å². The number of hydrogen-bond donors (Lipinski definition) is 3. The Balaban J connectivity index is 1.82. The molecule has 0 aliphatic heterocycles. The largest absolute Gasteiger partial charge is 0.329 e. The molecule has 0 saturated carbocycles. The van der Waals surface area contributed by atoms with Crippen molar-refractivity contribution >= 4 is 34.9 Å². The molecule has 22 heavy (non-hydrogen) atoms. The van der Waals surface area contributed by atoms with Crippen LogP contribution in [0.25, 0.3) is 0 Å². The molecule has 0 saturated heterocycles. The van der Waals surface area contributed by atoms with Gasteiger partial charge in [0.25, 0.3) is 0 Å². The topological polar surface area (TPSA) is 70.2 Å². The fraction of sp³-hybridized carbons (Fsp3) is 0.0667. The van der Waals surface area contributed by atoms with E-state index in [1.165, 1.54) is 12.1 Å². The third-order valence-electron chi connectivity index (χ3n) is 2.64. The second kappa shape index (κ2) is 7.42. The monoisotopic (exact) mass is 321 g/mol. The van der Waals surface area contributed by atoms with Gasteiger partial charge in [0, 0.05) is 10.7 Å². The number of halogens is 2. The number of amides is 3. The quantitative estimate of drug-likeness (QED) is 0.809. The molecule has 2 rings (SSSR count). The van der Waals surface area contributed by atoms with Crippen LogP contribution in [0.3, 0.4) is 0 Å². The molecule has 0 spiro atoms. The van der Waals surface area contributed by atoms with Crippen LogP contribution in [0.2, 0.25) is 5.02 Å². The minimum atomic E-state index is -0.605. The van der Waals surface area contributed by atoms with E-state index in [4.69, 9.17) is 11.6 Å². The summed E-state index contributed by atoms with van der Waals surface area (Å²) in [5, 5.41) is 7.55. The summed E-state index contributed by atoms with van der Waals surface area (Å²) in [5.74, 6) is -1.17. The van der Waals surface area contributed by atoms with Gasteiger partial charge in [-0.15, -0.1) is 0 Å². The van der Waals surface area contributed by atoms with Crippen molar-refractivity contribution < 1.29 is 14.0 Å². The van der Waals surface area contributed by atoms with Crippen LogP contribution < -0.4 is 16.0 Å². The summed E-state index contributed by atoms with van der Waals surface area (Å²) in [4.78, 5) is 23.3. The summed E-state index contributed by atoms with van der Waals surface area (Å²) in [6, 6.07) is 12.0. The zero-order chi connectivity index (χ0) is 15.9. The molecule has 114 valence electrons. The van der Waals surface area contributed by atoms with Crippen LogP contribution in [0.4, 0.5) is 20.6 Å². The summed E-state index contributed by atoms with van der Waals surface area (Å²) < 4.78 is 13.4. The van der Waals surface area contributed by atoms with Gasteiger partial charge in [0.1, 0.15) is 5.82 Å². The molecule has 2 aromatic carbocycles. The molecule has 0 heterocycles. The molecule has 2 aromatic rings. The lowest BCUT2D eigenvalue weighted by Gasteiger charge is -2.09. The maximum absolute atomic E-state index is 13.4. The van der Waals surface area contributed by atoms with Gasteiger partial charge in [0.15, 0.2) is 0 Å². The molecule has 0 bridgehead atoms. The van der Waals surface area contributed by atoms with Crippen molar-refractivity contribution in [2.24, 2.45) is 0 Å². The predicted octanol–water partition coefficient (Wildman–Crippen LogP) is 3.24. The fourth-order valence-corrected chi connectivity index (χ4v) is 1.82. The molecule has 7 heteroatoms. The minimum absolute atomic E-state index is 0.0391. The first kappa shape index (κ1) is 15.8. The van der Waals surface area contributed by atoms with Gasteiger partial charge in [-0.1, -0.05) is 29.8 Å². The SMILES string of the molecule is O=C(CNC(=O)Nc1ccccc1)Nc1cc(Cl)ccc1F. The van der Waals surface area contributed by atoms with Crippen molar-refractivity contribution in [3.63, 3.8) is 0 Å². The molecule has 5 nitrogen and oxygen atoms in total. The number of benzene rings is 2. The van der Waals surface area contributed by atoms with Crippen molar-refractivity contribution in [2.75, 3.05) is 17.2 Å².